The van der Waals surface area contributed by atoms with E-state index in [1.165, 1.54) is 18.4 Å². The van der Waals surface area contributed by atoms with Crippen molar-refractivity contribution in [2.75, 3.05) is 13.2 Å². The van der Waals surface area contributed by atoms with E-state index in [0.717, 1.165) is 38.3 Å². The minimum Gasteiger partial charge on any atom is -0.494 e. The molecular formula is C17H26N2O2. The summed E-state index contributed by atoms with van der Waals surface area (Å²) in [5.41, 5.74) is 1.24. The van der Waals surface area contributed by atoms with Gasteiger partial charge in [0.15, 0.2) is 0 Å². The molecular weight excluding hydrogens is 264 g/mol. The maximum absolute atomic E-state index is 11.1. The summed E-state index contributed by atoms with van der Waals surface area (Å²) in [5.74, 6) is 1.11. The number of carbonyl (C=O) groups is 1. The van der Waals surface area contributed by atoms with Crippen molar-refractivity contribution < 1.29 is 9.53 Å². The lowest BCUT2D eigenvalue weighted by atomic mass is 10.1. The maximum atomic E-state index is 11.1. The molecule has 0 aromatic heterocycles. The molecule has 1 aliphatic rings. The number of piperidine rings is 1. The van der Waals surface area contributed by atoms with E-state index in [-0.39, 0.29) is 5.91 Å². The monoisotopic (exact) mass is 290 g/mol. The number of nitrogens with one attached hydrogen (secondary N) is 2. The van der Waals surface area contributed by atoms with Gasteiger partial charge in [-0.3, -0.25) is 4.79 Å². The van der Waals surface area contributed by atoms with Crippen LogP contribution in [0.15, 0.2) is 24.3 Å². The molecule has 2 N–H and O–H groups in total. The normalized spacial score (nSPS) is 18.3. The molecule has 1 saturated heterocycles. The lowest BCUT2D eigenvalue weighted by Crippen LogP contribution is -2.45. The molecule has 1 heterocycles. The van der Waals surface area contributed by atoms with Crippen LogP contribution in [0.1, 0.15) is 44.6 Å². The Morgan fingerprint density at radius 1 is 1.29 bits per heavy atom. The summed E-state index contributed by atoms with van der Waals surface area (Å²) < 4.78 is 5.70. The van der Waals surface area contributed by atoms with E-state index < -0.39 is 0 Å². The van der Waals surface area contributed by atoms with E-state index in [1.807, 2.05) is 12.1 Å². The number of rotatable bonds is 8. The van der Waals surface area contributed by atoms with Gasteiger partial charge in [0.05, 0.1) is 6.61 Å². The van der Waals surface area contributed by atoms with Gasteiger partial charge in [-0.1, -0.05) is 31.9 Å². The summed E-state index contributed by atoms with van der Waals surface area (Å²) in [6.45, 7) is 4.56. The number of hydrogen-bond acceptors (Lipinski definition) is 3. The van der Waals surface area contributed by atoms with Gasteiger partial charge in [0, 0.05) is 25.6 Å². The zero-order valence-corrected chi connectivity index (χ0v) is 12.9. The van der Waals surface area contributed by atoms with Crippen molar-refractivity contribution >= 4 is 5.91 Å². The van der Waals surface area contributed by atoms with Gasteiger partial charge < -0.3 is 15.4 Å². The smallest absolute Gasteiger partial charge is 0.220 e. The Bertz CT molecular complexity index is 421. The third-order valence-corrected chi connectivity index (χ3v) is 3.80. The van der Waals surface area contributed by atoms with Crippen LogP contribution in [-0.2, 0) is 11.3 Å². The van der Waals surface area contributed by atoms with Crippen LogP contribution in [0.5, 0.6) is 5.75 Å². The van der Waals surface area contributed by atoms with Crippen LogP contribution in [0.4, 0.5) is 0 Å². The summed E-state index contributed by atoms with van der Waals surface area (Å²) in [6.07, 6.45) is 5.11. The van der Waals surface area contributed by atoms with Crippen LogP contribution in [0.2, 0.25) is 0 Å². The van der Waals surface area contributed by atoms with Crippen molar-refractivity contribution in [2.24, 2.45) is 0 Å². The van der Waals surface area contributed by atoms with Gasteiger partial charge in [0.1, 0.15) is 5.75 Å². The molecule has 1 aromatic carbocycles. The quantitative estimate of drug-likeness (QED) is 0.724. The predicted octanol–water partition coefficient (Wildman–Crippen LogP) is 2.62. The molecule has 2 rings (SSSR count). The molecule has 21 heavy (non-hydrogen) atoms. The second kappa shape index (κ2) is 8.67. The predicted molar refractivity (Wildman–Crippen MR) is 84.3 cm³/mol. The van der Waals surface area contributed by atoms with Crippen molar-refractivity contribution in [1.29, 1.82) is 0 Å². The second-order valence-corrected chi connectivity index (χ2v) is 5.62. The zero-order valence-electron chi connectivity index (χ0n) is 12.9. The highest BCUT2D eigenvalue weighted by Gasteiger charge is 2.16. The summed E-state index contributed by atoms with van der Waals surface area (Å²) in [4.78, 5) is 11.1. The minimum atomic E-state index is 0.164. The lowest BCUT2D eigenvalue weighted by molar-refractivity contribution is -0.122. The molecule has 1 amide bonds. The van der Waals surface area contributed by atoms with Crippen LogP contribution in [-0.4, -0.2) is 25.1 Å². The number of unbranched alkanes of at least 4 members (excludes halogenated alkanes) is 2. The molecule has 0 bridgehead atoms. The first-order valence-corrected chi connectivity index (χ1v) is 7.99. The topological polar surface area (TPSA) is 50.4 Å². The molecule has 0 saturated carbocycles. The van der Waals surface area contributed by atoms with Gasteiger partial charge in [-0.2, -0.15) is 0 Å². The van der Waals surface area contributed by atoms with Crippen LogP contribution in [0.3, 0.4) is 0 Å². The highest BCUT2D eigenvalue weighted by atomic mass is 16.5. The average molecular weight is 290 g/mol. The van der Waals surface area contributed by atoms with Crippen molar-refractivity contribution in [3.05, 3.63) is 29.8 Å². The fraction of sp³-hybridized carbons (Fsp3) is 0.588. The van der Waals surface area contributed by atoms with Crippen LogP contribution >= 0.6 is 0 Å². The highest BCUT2D eigenvalue weighted by Crippen LogP contribution is 2.13. The maximum Gasteiger partial charge on any atom is 0.220 e. The third kappa shape index (κ3) is 5.76. The number of ether oxygens (including phenoxy) is 1. The van der Waals surface area contributed by atoms with Gasteiger partial charge in [0.25, 0.3) is 0 Å². The molecule has 1 aromatic rings. The summed E-state index contributed by atoms with van der Waals surface area (Å²) in [5, 5.41) is 6.37. The first-order valence-electron chi connectivity index (χ1n) is 7.99. The van der Waals surface area contributed by atoms with Gasteiger partial charge in [0.2, 0.25) is 5.91 Å². The molecule has 116 valence electrons. The summed E-state index contributed by atoms with van der Waals surface area (Å²) in [7, 11) is 0. The van der Waals surface area contributed by atoms with E-state index in [0.29, 0.717) is 12.5 Å². The van der Waals surface area contributed by atoms with E-state index in [1.54, 1.807) is 0 Å². The van der Waals surface area contributed by atoms with Gasteiger partial charge in [-0.05, 0) is 30.5 Å². The van der Waals surface area contributed by atoms with E-state index in [9.17, 15) is 4.79 Å². The van der Waals surface area contributed by atoms with E-state index >= 15 is 0 Å². The standard InChI is InChI=1S/C17H26N2O2/c1-2-3-4-11-21-16-8-5-14(6-9-16)12-18-15-7-10-17(20)19-13-15/h5-6,8-9,15,18H,2-4,7,10-13H2,1H3,(H,19,20). The molecule has 1 aliphatic heterocycles. The summed E-state index contributed by atoms with van der Waals surface area (Å²) >= 11 is 0. The molecule has 1 unspecified atom stereocenters. The Kier molecular flexibility index (Phi) is 6.54. The molecule has 0 aliphatic carbocycles. The Morgan fingerprint density at radius 3 is 2.76 bits per heavy atom. The van der Waals surface area contributed by atoms with Gasteiger partial charge in [-0.15, -0.1) is 0 Å². The number of benzene rings is 1. The van der Waals surface area contributed by atoms with Gasteiger partial charge >= 0.3 is 0 Å². The number of carbonyl (C=O) groups excluding carboxylic acids is 1. The van der Waals surface area contributed by atoms with Crippen LogP contribution in [0.25, 0.3) is 0 Å². The lowest BCUT2D eigenvalue weighted by Gasteiger charge is -2.23. The number of hydrogen-bond donors (Lipinski definition) is 2. The Morgan fingerprint density at radius 2 is 2.10 bits per heavy atom. The van der Waals surface area contributed by atoms with Crippen molar-refractivity contribution in [2.45, 2.75) is 51.6 Å². The highest BCUT2D eigenvalue weighted by molar-refractivity contribution is 5.76. The van der Waals surface area contributed by atoms with Gasteiger partial charge in [-0.25, -0.2) is 0 Å². The first kappa shape index (κ1) is 15.8. The molecule has 1 atom stereocenters. The molecule has 1 fully saturated rings. The average Bonchev–Trinajstić information content (AvgIpc) is 2.52. The van der Waals surface area contributed by atoms with E-state index in [2.05, 4.69) is 29.7 Å². The van der Waals surface area contributed by atoms with Crippen LogP contribution in [0, 0.1) is 0 Å². The van der Waals surface area contributed by atoms with Crippen molar-refractivity contribution in [3.8, 4) is 5.75 Å². The number of amides is 1. The zero-order chi connectivity index (χ0) is 14.9. The fourth-order valence-corrected chi connectivity index (χ4v) is 2.41. The van der Waals surface area contributed by atoms with Crippen molar-refractivity contribution in [3.63, 3.8) is 0 Å². The molecule has 0 spiro atoms. The summed E-state index contributed by atoms with van der Waals surface area (Å²) in [6, 6.07) is 8.65. The molecule has 4 heteroatoms. The Balaban J connectivity index is 1.68. The molecule has 4 nitrogen and oxygen atoms in total. The minimum absolute atomic E-state index is 0.164. The Labute approximate surface area is 127 Å². The first-order chi connectivity index (χ1) is 10.3. The van der Waals surface area contributed by atoms with Crippen molar-refractivity contribution in [1.82, 2.24) is 10.6 Å². The third-order valence-electron chi connectivity index (χ3n) is 3.80. The fourth-order valence-electron chi connectivity index (χ4n) is 2.41. The SMILES string of the molecule is CCCCCOc1ccc(CNC2CCC(=O)NC2)cc1. The second-order valence-electron chi connectivity index (χ2n) is 5.62. The largest absolute Gasteiger partial charge is 0.494 e. The molecule has 0 radical (unpaired) electrons. The van der Waals surface area contributed by atoms with Crippen LogP contribution < -0.4 is 15.4 Å². The van der Waals surface area contributed by atoms with E-state index in [4.69, 9.17) is 4.74 Å². The Hall–Kier alpha value is -1.55.